The Hall–Kier alpha value is -2.19. The zero-order chi connectivity index (χ0) is 13.1. The van der Waals surface area contributed by atoms with Crippen LogP contribution in [0.15, 0.2) is 67.0 Å². The summed E-state index contributed by atoms with van der Waals surface area (Å²) in [5.74, 6) is 0. The molecular weight excluding hydrogens is 232 g/mol. The Morgan fingerprint density at radius 2 is 1.79 bits per heavy atom. The van der Waals surface area contributed by atoms with Crippen LogP contribution in [0.2, 0.25) is 0 Å². The number of fused-ring (bicyclic) bond motifs is 1. The van der Waals surface area contributed by atoms with Crippen LogP contribution in [0.4, 0.5) is 0 Å². The smallest absolute Gasteiger partial charge is 0.0351 e. The molecule has 94 valence electrons. The van der Waals surface area contributed by atoms with Gasteiger partial charge in [0.15, 0.2) is 0 Å². The van der Waals surface area contributed by atoms with Gasteiger partial charge in [-0.25, -0.2) is 0 Å². The van der Waals surface area contributed by atoms with E-state index < -0.39 is 0 Å². The first-order chi connectivity index (χ1) is 9.34. The molecule has 0 saturated heterocycles. The molecule has 0 aliphatic carbocycles. The maximum atomic E-state index is 6.28. The van der Waals surface area contributed by atoms with E-state index in [1.54, 1.807) is 6.20 Å². The minimum absolute atomic E-state index is 0.0143. The van der Waals surface area contributed by atoms with Gasteiger partial charge in [0.25, 0.3) is 0 Å². The van der Waals surface area contributed by atoms with Crippen molar-refractivity contribution in [2.45, 2.75) is 12.5 Å². The largest absolute Gasteiger partial charge is 0.324 e. The molecule has 0 saturated carbocycles. The molecule has 2 nitrogen and oxygen atoms in total. The summed E-state index contributed by atoms with van der Waals surface area (Å²) in [6, 6.07) is 18.7. The van der Waals surface area contributed by atoms with E-state index in [4.69, 9.17) is 5.73 Å². The summed E-state index contributed by atoms with van der Waals surface area (Å²) in [6.45, 7) is 0. The van der Waals surface area contributed by atoms with E-state index >= 15 is 0 Å². The molecule has 0 aliphatic rings. The van der Waals surface area contributed by atoms with E-state index in [1.807, 2.05) is 18.3 Å². The monoisotopic (exact) mass is 248 g/mol. The maximum absolute atomic E-state index is 6.28. The van der Waals surface area contributed by atoms with Gasteiger partial charge in [0, 0.05) is 18.4 Å². The van der Waals surface area contributed by atoms with Gasteiger partial charge in [-0.1, -0.05) is 48.5 Å². The lowest BCUT2D eigenvalue weighted by Gasteiger charge is -2.13. The van der Waals surface area contributed by atoms with E-state index in [2.05, 4.69) is 47.4 Å². The molecule has 3 aromatic rings. The highest BCUT2D eigenvalue weighted by molar-refractivity contribution is 5.85. The molecule has 1 atom stereocenters. The zero-order valence-corrected chi connectivity index (χ0v) is 10.7. The Morgan fingerprint density at radius 3 is 2.63 bits per heavy atom. The van der Waals surface area contributed by atoms with Gasteiger partial charge in [-0.15, -0.1) is 0 Å². The van der Waals surface area contributed by atoms with Crippen molar-refractivity contribution < 1.29 is 0 Å². The fourth-order valence-corrected chi connectivity index (χ4v) is 2.42. The van der Waals surface area contributed by atoms with Gasteiger partial charge < -0.3 is 5.73 Å². The maximum Gasteiger partial charge on any atom is 0.0351 e. The van der Waals surface area contributed by atoms with Crippen molar-refractivity contribution in [1.29, 1.82) is 0 Å². The van der Waals surface area contributed by atoms with E-state index in [1.165, 1.54) is 16.3 Å². The van der Waals surface area contributed by atoms with Gasteiger partial charge in [-0.3, -0.25) is 4.98 Å². The molecule has 2 heteroatoms. The van der Waals surface area contributed by atoms with Gasteiger partial charge in [0.05, 0.1) is 0 Å². The predicted octanol–water partition coefficient (Wildman–Crippen LogP) is 3.48. The number of nitrogens with zero attached hydrogens (tertiary/aromatic N) is 1. The average Bonchev–Trinajstić information content (AvgIpc) is 2.48. The predicted molar refractivity (Wildman–Crippen MR) is 78.8 cm³/mol. The summed E-state index contributed by atoms with van der Waals surface area (Å²) in [4.78, 5) is 4.13. The molecule has 0 bridgehead atoms. The SMILES string of the molecule is NC(Cc1cccc2ccccc12)c1cccnc1. The molecule has 2 N–H and O–H groups in total. The van der Waals surface area contributed by atoms with Crippen LogP contribution < -0.4 is 5.73 Å². The van der Waals surface area contributed by atoms with Crippen LogP contribution in [-0.4, -0.2) is 4.98 Å². The third-order valence-corrected chi connectivity index (χ3v) is 3.43. The lowest BCUT2D eigenvalue weighted by molar-refractivity contribution is 0.721. The molecule has 0 spiro atoms. The van der Waals surface area contributed by atoms with Gasteiger partial charge >= 0.3 is 0 Å². The first-order valence-corrected chi connectivity index (χ1v) is 6.47. The summed E-state index contributed by atoms with van der Waals surface area (Å²) in [5, 5.41) is 2.54. The fraction of sp³-hybridized carbons (Fsp3) is 0.118. The number of benzene rings is 2. The molecule has 0 amide bonds. The summed E-state index contributed by atoms with van der Waals surface area (Å²) >= 11 is 0. The minimum atomic E-state index is -0.0143. The topological polar surface area (TPSA) is 38.9 Å². The van der Waals surface area contributed by atoms with Crippen LogP contribution in [0.25, 0.3) is 10.8 Å². The number of nitrogens with two attached hydrogens (primary N) is 1. The molecule has 0 aliphatic heterocycles. The molecule has 19 heavy (non-hydrogen) atoms. The summed E-state index contributed by atoms with van der Waals surface area (Å²) in [7, 11) is 0. The van der Waals surface area contributed by atoms with Crippen molar-refractivity contribution in [3.63, 3.8) is 0 Å². The van der Waals surface area contributed by atoms with Crippen molar-refractivity contribution in [3.05, 3.63) is 78.1 Å². The van der Waals surface area contributed by atoms with Crippen LogP contribution >= 0.6 is 0 Å². The Labute approximate surface area is 112 Å². The van der Waals surface area contributed by atoms with E-state index in [0.717, 1.165) is 12.0 Å². The summed E-state index contributed by atoms with van der Waals surface area (Å²) < 4.78 is 0. The number of rotatable bonds is 3. The fourth-order valence-electron chi connectivity index (χ4n) is 2.42. The molecule has 0 radical (unpaired) electrons. The standard InChI is InChI=1S/C17H16N2/c18-17(15-8-4-10-19-12-15)11-14-7-3-6-13-5-1-2-9-16(13)14/h1-10,12,17H,11,18H2. The first-order valence-electron chi connectivity index (χ1n) is 6.47. The quantitative estimate of drug-likeness (QED) is 0.770. The zero-order valence-electron chi connectivity index (χ0n) is 10.7. The Balaban J connectivity index is 1.94. The van der Waals surface area contributed by atoms with Crippen molar-refractivity contribution in [3.8, 4) is 0 Å². The van der Waals surface area contributed by atoms with Crippen molar-refractivity contribution in [1.82, 2.24) is 4.98 Å². The highest BCUT2D eigenvalue weighted by Gasteiger charge is 2.09. The second-order valence-electron chi connectivity index (χ2n) is 4.74. The van der Waals surface area contributed by atoms with Crippen molar-refractivity contribution in [2.24, 2.45) is 5.73 Å². The summed E-state index contributed by atoms with van der Waals surface area (Å²) in [5.41, 5.74) is 8.64. The molecular formula is C17H16N2. The highest BCUT2D eigenvalue weighted by atomic mass is 14.7. The number of pyridine rings is 1. The van der Waals surface area contributed by atoms with Gasteiger partial charge in [-0.05, 0) is 34.4 Å². The highest BCUT2D eigenvalue weighted by Crippen LogP contribution is 2.23. The van der Waals surface area contributed by atoms with Crippen LogP contribution in [-0.2, 0) is 6.42 Å². The Bertz CT molecular complexity index is 672. The second-order valence-corrected chi connectivity index (χ2v) is 4.74. The second kappa shape index (κ2) is 5.21. The van der Waals surface area contributed by atoms with Crippen LogP contribution in [0.5, 0.6) is 0 Å². The lowest BCUT2D eigenvalue weighted by Crippen LogP contribution is -2.13. The number of hydrogen-bond donors (Lipinski definition) is 1. The van der Waals surface area contributed by atoms with Crippen molar-refractivity contribution >= 4 is 10.8 Å². The normalized spacial score (nSPS) is 12.5. The van der Waals surface area contributed by atoms with Gasteiger partial charge in [-0.2, -0.15) is 0 Å². The minimum Gasteiger partial charge on any atom is -0.324 e. The van der Waals surface area contributed by atoms with E-state index in [0.29, 0.717) is 0 Å². The van der Waals surface area contributed by atoms with E-state index in [9.17, 15) is 0 Å². The van der Waals surface area contributed by atoms with E-state index in [-0.39, 0.29) is 6.04 Å². The van der Waals surface area contributed by atoms with Crippen LogP contribution in [0.3, 0.4) is 0 Å². The molecule has 2 aromatic carbocycles. The number of aromatic nitrogens is 1. The van der Waals surface area contributed by atoms with Crippen molar-refractivity contribution in [2.75, 3.05) is 0 Å². The number of hydrogen-bond acceptors (Lipinski definition) is 2. The molecule has 1 unspecified atom stereocenters. The van der Waals surface area contributed by atoms with Gasteiger partial charge in [0.2, 0.25) is 0 Å². The Morgan fingerprint density at radius 1 is 0.947 bits per heavy atom. The average molecular weight is 248 g/mol. The third-order valence-electron chi connectivity index (χ3n) is 3.43. The van der Waals surface area contributed by atoms with Gasteiger partial charge in [0.1, 0.15) is 0 Å². The molecule has 0 fully saturated rings. The van der Waals surface area contributed by atoms with Crippen LogP contribution in [0.1, 0.15) is 17.2 Å². The molecule has 1 heterocycles. The lowest BCUT2D eigenvalue weighted by atomic mass is 9.96. The molecule has 3 rings (SSSR count). The summed E-state index contributed by atoms with van der Waals surface area (Å²) in [6.07, 6.45) is 4.44. The molecule has 1 aromatic heterocycles. The first kappa shape index (κ1) is 11.9. The van der Waals surface area contributed by atoms with Crippen LogP contribution in [0, 0.1) is 0 Å². The Kier molecular flexibility index (Phi) is 3.25. The third kappa shape index (κ3) is 2.49.